The van der Waals surface area contributed by atoms with Crippen LogP contribution in [0.1, 0.15) is 12.8 Å². The molecule has 2 N–H and O–H groups in total. The summed E-state index contributed by atoms with van der Waals surface area (Å²) in [7, 11) is 0. The summed E-state index contributed by atoms with van der Waals surface area (Å²) in [4.78, 5) is 11.9. The van der Waals surface area contributed by atoms with Gasteiger partial charge in [-0.25, -0.2) is 4.79 Å². The molecule has 2 heterocycles. The van der Waals surface area contributed by atoms with Crippen LogP contribution in [0.2, 0.25) is 0 Å². The molecule has 1 aromatic carbocycles. The SMILES string of the molecule is O=C(Nc1ccc(-c2csnn2)cc1)NC1CCCSC1. The summed E-state index contributed by atoms with van der Waals surface area (Å²) in [6, 6.07) is 7.77. The average Bonchev–Trinajstić information content (AvgIpc) is 3.03. The van der Waals surface area contributed by atoms with Crippen molar-refractivity contribution in [2.75, 3.05) is 16.8 Å². The van der Waals surface area contributed by atoms with Crippen molar-refractivity contribution in [3.63, 3.8) is 0 Å². The number of urea groups is 1. The first kappa shape index (κ1) is 14.3. The standard InChI is InChI=1S/C14H16N4OS2/c19-14(16-12-2-1-7-20-8-12)15-11-5-3-10(4-6-11)13-9-21-18-17-13/h3-6,9,12H,1-2,7-8H2,(H2,15,16,19). The number of nitrogens with zero attached hydrogens (tertiary/aromatic N) is 2. The predicted molar refractivity (Wildman–Crippen MR) is 87.8 cm³/mol. The van der Waals surface area contributed by atoms with Gasteiger partial charge in [0.15, 0.2) is 0 Å². The predicted octanol–water partition coefficient (Wildman–Crippen LogP) is 3.22. The second-order valence-corrected chi connectivity index (χ2v) is 6.64. The maximum atomic E-state index is 11.9. The van der Waals surface area contributed by atoms with E-state index in [-0.39, 0.29) is 12.1 Å². The molecule has 0 spiro atoms. The van der Waals surface area contributed by atoms with Gasteiger partial charge in [-0.1, -0.05) is 16.6 Å². The maximum Gasteiger partial charge on any atom is 0.319 e. The molecule has 21 heavy (non-hydrogen) atoms. The van der Waals surface area contributed by atoms with E-state index in [1.54, 1.807) is 0 Å². The summed E-state index contributed by atoms with van der Waals surface area (Å²) >= 11 is 3.22. The van der Waals surface area contributed by atoms with Crippen LogP contribution in [0.15, 0.2) is 29.6 Å². The average molecular weight is 320 g/mol. The van der Waals surface area contributed by atoms with E-state index in [0.29, 0.717) is 0 Å². The molecule has 0 radical (unpaired) electrons. The number of hydrogen-bond acceptors (Lipinski definition) is 5. The Hall–Kier alpha value is -1.60. The summed E-state index contributed by atoms with van der Waals surface area (Å²) < 4.78 is 3.84. The van der Waals surface area contributed by atoms with Crippen molar-refractivity contribution in [3.05, 3.63) is 29.6 Å². The van der Waals surface area contributed by atoms with Crippen LogP contribution >= 0.6 is 23.3 Å². The van der Waals surface area contributed by atoms with Gasteiger partial charge in [-0.15, -0.1) is 5.10 Å². The van der Waals surface area contributed by atoms with Gasteiger partial charge < -0.3 is 10.6 Å². The normalized spacial score (nSPS) is 18.2. The largest absolute Gasteiger partial charge is 0.334 e. The van der Waals surface area contributed by atoms with Gasteiger partial charge in [0.1, 0.15) is 5.69 Å². The lowest BCUT2D eigenvalue weighted by molar-refractivity contribution is 0.248. The van der Waals surface area contributed by atoms with Crippen molar-refractivity contribution in [1.29, 1.82) is 0 Å². The minimum absolute atomic E-state index is 0.134. The molecule has 1 aromatic heterocycles. The topological polar surface area (TPSA) is 66.9 Å². The molecular formula is C14H16N4OS2. The first-order chi connectivity index (χ1) is 10.3. The van der Waals surface area contributed by atoms with E-state index in [4.69, 9.17) is 0 Å². The van der Waals surface area contributed by atoms with E-state index >= 15 is 0 Å². The lowest BCUT2D eigenvalue weighted by atomic mass is 10.1. The molecule has 1 unspecified atom stereocenters. The molecule has 1 aliphatic heterocycles. The molecule has 3 rings (SSSR count). The number of hydrogen-bond donors (Lipinski definition) is 2. The summed E-state index contributed by atoms with van der Waals surface area (Å²) in [6.07, 6.45) is 2.24. The molecule has 1 atom stereocenters. The Balaban J connectivity index is 1.56. The Bertz CT molecular complexity index is 580. The van der Waals surface area contributed by atoms with Crippen LogP contribution < -0.4 is 10.6 Å². The highest BCUT2D eigenvalue weighted by Gasteiger charge is 2.15. The Labute approximate surface area is 131 Å². The molecule has 2 amide bonds. The zero-order valence-corrected chi connectivity index (χ0v) is 13.0. The first-order valence-corrected chi connectivity index (χ1v) is 8.83. The fourth-order valence-electron chi connectivity index (χ4n) is 2.22. The van der Waals surface area contributed by atoms with E-state index in [2.05, 4.69) is 20.2 Å². The molecule has 1 fully saturated rings. The van der Waals surface area contributed by atoms with Gasteiger partial charge >= 0.3 is 6.03 Å². The van der Waals surface area contributed by atoms with Crippen molar-refractivity contribution in [2.45, 2.75) is 18.9 Å². The number of aromatic nitrogens is 2. The Morgan fingerprint density at radius 3 is 2.81 bits per heavy atom. The number of benzene rings is 1. The minimum Gasteiger partial charge on any atom is -0.334 e. The quantitative estimate of drug-likeness (QED) is 0.911. The van der Waals surface area contributed by atoms with Gasteiger partial charge in [0.25, 0.3) is 0 Å². The fraction of sp³-hybridized carbons (Fsp3) is 0.357. The van der Waals surface area contributed by atoms with Gasteiger partial charge in [-0.05, 0) is 42.3 Å². The van der Waals surface area contributed by atoms with E-state index in [1.165, 1.54) is 23.7 Å². The second-order valence-electron chi connectivity index (χ2n) is 4.88. The number of amides is 2. The van der Waals surface area contributed by atoms with Crippen molar-refractivity contribution >= 4 is 35.0 Å². The number of rotatable bonds is 3. The molecule has 0 bridgehead atoms. The van der Waals surface area contributed by atoms with Crippen molar-refractivity contribution in [2.24, 2.45) is 0 Å². The highest BCUT2D eigenvalue weighted by molar-refractivity contribution is 7.99. The van der Waals surface area contributed by atoms with Crippen LogP contribution in [0.25, 0.3) is 11.3 Å². The van der Waals surface area contributed by atoms with Crippen LogP contribution in [0.4, 0.5) is 10.5 Å². The monoisotopic (exact) mass is 320 g/mol. The van der Waals surface area contributed by atoms with Crippen molar-refractivity contribution in [3.8, 4) is 11.3 Å². The fourth-order valence-corrected chi connectivity index (χ4v) is 3.76. The van der Waals surface area contributed by atoms with Crippen LogP contribution in [0.5, 0.6) is 0 Å². The lowest BCUT2D eigenvalue weighted by Gasteiger charge is -2.22. The lowest BCUT2D eigenvalue weighted by Crippen LogP contribution is -2.40. The third kappa shape index (κ3) is 3.95. The molecule has 0 saturated carbocycles. The highest BCUT2D eigenvalue weighted by Crippen LogP contribution is 2.20. The van der Waals surface area contributed by atoms with Gasteiger partial charge in [0, 0.05) is 28.4 Å². The minimum atomic E-state index is -0.134. The van der Waals surface area contributed by atoms with E-state index in [0.717, 1.165) is 29.1 Å². The zero-order chi connectivity index (χ0) is 14.5. The maximum absolute atomic E-state index is 11.9. The van der Waals surface area contributed by atoms with Crippen LogP contribution in [-0.4, -0.2) is 33.2 Å². The van der Waals surface area contributed by atoms with E-state index in [9.17, 15) is 4.79 Å². The third-order valence-electron chi connectivity index (χ3n) is 3.29. The van der Waals surface area contributed by atoms with Crippen LogP contribution in [-0.2, 0) is 0 Å². The summed E-state index contributed by atoms with van der Waals surface area (Å²) in [6.45, 7) is 0. The number of carbonyl (C=O) groups excluding carboxylic acids is 1. The Morgan fingerprint density at radius 1 is 1.29 bits per heavy atom. The summed E-state index contributed by atoms with van der Waals surface area (Å²) in [5.41, 5.74) is 2.64. The molecule has 2 aromatic rings. The number of carbonyl (C=O) groups is 1. The van der Waals surface area contributed by atoms with Crippen LogP contribution in [0, 0.1) is 0 Å². The van der Waals surface area contributed by atoms with Crippen LogP contribution in [0.3, 0.4) is 0 Å². The van der Waals surface area contributed by atoms with Crippen molar-refractivity contribution in [1.82, 2.24) is 14.9 Å². The number of nitrogens with one attached hydrogen (secondary N) is 2. The summed E-state index contributed by atoms with van der Waals surface area (Å²) in [5, 5.41) is 11.8. The molecule has 7 heteroatoms. The molecule has 1 saturated heterocycles. The van der Waals surface area contributed by atoms with Gasteiger partial charge in [-0.3, -0.25) is 0 Å². The Kier molecular flexibility index (Phi) is 4.72. The molecule has 0 aliphatic carbocycles. The zero-order valence-electron chi connectivity index (χ0n) is 11.4. The smallest absolute Gasteiger partial charge is 0.319 e. The van der Waals surface area contributed by atoms with E-state index in [1.807, 2.05) is 41.4 Å². The summed E-state index contributed by atoms with van der Waals surface area (Å²) in [5.74, 6) is 2.20. The molecule has 1 aliphatic rings. The Morgan fingerprint density at radius 2 is 2.14 bits per heavy atom. The highest BCUT2D eigenvalue weighted by atomic mass is 32.2. The number of thioether (sulfide) groups is 1. The molecular weight excluding hydrogens is 304 g/mol. The van der Waals surface area contributed by atoms with Gasteiger partial charge in [-0.2, -0.15) is 11.8 Å². The first-order valence-electron chi connectivity index (χ1n) is 6.84. The van der Waals surface area contributed by atoms with Gasteiger partial charge in [0.2, 0.25) is 0 Å². The number of anilines is 1. The second kappa shape index (κ2) is 6.91. The van der Waals surface area contributed by atoms with Gasteiger partial charge in [0.05, 0.1) is 0 Å². The molecule has 5 nitrogen and oxygen atoms in total. The van der Waals surface area contributed by atoms with E-state index < -0.39 is 0 Å². The van der Waals surface area contributed by atoms with Crippen molar-refractivity contribution < 1.29 is 4.79 Å². The molecule has 110 valence electrons. The third-order valence-corrected chi connectivity index (χ3v) is 5.01.